The van der Waals surface area contributed by atoms with Gasteiger partial charge in [0, 0.05) is 0 Å². The fraction of sp³-hybridized carbons (Fsp3) is 0.714. The average Bonchev–Trinajstić information content (AvgIpc) is 2.35. The summed E-state index contributed by atoms with van der Waals surface area (Å²) in [5.41, 5.74) is 4.14. The third-order valence-corrected chi connectivity index (χ3v) is 2.24. The Labute approximate surface area is 70.5 Å². The molecule has 0 saturated heterocycles. The van der Waals surface area contributed by atoms with Gasteiger partial charge in [0.1, 0.15) is 5.54 Å². The summed E-state index contributed by atoms with van der Waals surface area (Å²) in [6.07, 6.45) is 2.88. The predicted molar refractivity (Wildman–Crippen MR) is 43.9 cm³/mol. The lowest BCUT2D eigenvalue weighted by atomic mass is 9.98. The number of carboxylic acid groups (broad SMARTS) is 1. The van der Waals surface area contributed by atoms with E-state index in [2.05, 4.69) is 5.32 Å². The highest BCUT2D eigenvalue weighted by Crippen LogP contribution is 2.29. The standard InChI is InChI=1S/C7H13N3O2/c8-6(9)10-7(5(11)12)3-1-2-4-7/h1-4H2,(H,11,12)(H4,8,9,10). The SMILES string of the molecule is N=C(N)NC1(C(=O)O)CCCC1. The van der Waals surface area contributed by atoms with Gasteiger partial charge in [-0.15, -0.1) is 0 Å². The molecule has 0 atom stereocenters. The molecule has 68 valence electrons. The van der Waals surface area contributed by atoms with Crippen molar-refractivity contribution in [3.05, 3.63) is 0 Å². The van der Waals surface area contributed by atoms with E-state index in [1.807, 2.05) is 0 Å². The second-order valence-electron chi connectivity index (χ2n) is 3.13. The molecule has 1 aliphatic rings. The van der Waals surface area contributed by atoms with Crippen LogP contribution >= 0.6 is 0 Å². The van der Waals surface area contributed by atoms with E-state index in [-0.39, 0.29) is 5.96 Å². The van der Waals surface area contributed by atoms with Crippen molar-refractivity contribution in [2.45, 2.75) is 31.2 Å². The molecular formula is C7H13N3O2. The van der Waals surface area contributed by atoms with E-state index in [0.717, 1.165) is 12.8 Å². The van der Waals surface area contributed by atoms with Gasteiger partial charge in [-0.1, -0.05) is 12.8 Å². The molecule has 0 aromatic carbocycles. The van der Waals surface area contributed by atoms with Gasteiger partial charge in [0.05, 0.1) is 0 Å². The third-order valence-electron chi connectivity index (χ3n) is 2.24. The van der Waals surface area contributed by atoms with Crippen molar-refractivity contribution in [1.82, 2.24) is 5.32 Å². The molecule has 0 unspecified atom stereocenters. The Morgan fingerprint density at radius 3 is 2.33 bits per heavy atom. The second kappa shape index (κ2) is 3.00. The first-order valence-corrected chi connectivity index (χ1v) is 3.92. The van der Waals surface area contributed by atoms with Crippen LogP contribution in [-0.4, -0.2) is 22.6 Å². The van der Waals surface area contributed by atoms with E-state index in [1.165, 1.54) is 0 Å². The van der Waals surface area contributed by atoms with Crippen LogP contribution in [0.5, 0.6) is 0 Å². The summed E-state index contributed by atoms with van der Waals surface area (Å²) in [6, 6.07) is 0. The maximum Gasteiger partial charge on any atom is 0.329 e. The molecule has 0 radical (unpaired) electrons. The normalized spacial score (nSPS) is 20.3. The molecule has 1 saturated carbocycles. The van der Waals surface area contributed by atoms with Gasteiger partial charge in [-0.25, -0.2) is 4.79 Å². The third kappa shape index (κ3) is 1.49. The van der Waals surface area contributed by atoms with Gasteiger partial charge in [-0.3, -0.25) is 5.41 Å². The molecule has 1 aliphatic carbocycles. The van der Waals surface area contributed by atoms with Crippen LogP contribution < -0.4 is 11.1 Å². The highest BCUT2D eigenvalue weighted by atomic mass is 16.4. The van der Waals surface area contributed by atoms with Crippen LogP contribution in [0.2, 0.25) is 0 Å². The molecule has 0 aliphatic heterocycles. The average molecular weight is 171 g/mol. The molecule has 5 nitrogen and oxygen atoms in total. The molecule has 1 fully saturated rings. The van der Waals surface area contributed by atoms with Crippen LogP contribution in [0.3, 0.4) is 0 Å². The van der Waals surface area contributed by atoms with Gasteiger partial charge in [-0.05, 0) is 12.8 Å². The zero-order valence-electron chi connectivity index (χ0n) is 6.76. The minimum absolute atomic E-state index is 0.265. The monoisotopic (exact) mass is 171 g/mol. The Morgan fingerprint density at radius 1 is 1.50 bits per heavy atom. The van der Waals surface area contributed by atoms with E-state index in [1.54, 1.807) is 0 Å². The molecule has 0 amide bonds. The van der Waals surface area contributed by atoms with E-state index in [0.29, 0.717) is 12.8 Å². The van der Waals surface area contributed by atoms with Crippen LogP contribution in [0, 0.1) is 5.41 Å². The van der Waals surface area contributed by atoms with Crippen molar-refractivity contribution in [1.29, 1.82) is 5.41 Å². The molecular weight excluding hydrogens is 158 g/mol. The number of hydrogen-bond acceptors (Lipinski definition) is 2. The van der Waals surface area contributed by atoms with Crippen LogP contribution in [0.15, 0.2) is 0 Å². The maximum absolute atomic E-state index is 10.8. The molecule has 0 aromatic rings. The number of rotatable bonds is 2. The van der Waals surface area contributed by atoms with Crippen molar-refractivity contribution in [2.75, 3.05) is 0 Å². The topological polar surface area (TPSA) is 99.2 Å². The summed E-state index contributed by atoms with van der Waals surface area (Å²) in [5, 5.41) is 18.4. The lowest BCUT2D eigenvalue weighted by Gasteiger charge is -2.24. The maximum atomic E-state index is 10.8. The fourth-order valence-corrected chi connectivity index (χ4v) is 1.63. The van der Waals surface area contributed by atoms with Crippen LogP contribution in [-0.2, 0) is 4.79 Å². The Bertz CT molecular complexity index is 209. The van der Waals surface area contributed by atoms with Gasteiger partial charge in [0.2, 0.25) is 0 Å². The summed E-state index contributed by atoms with van der Waals surface area (Å²) in [4.78, 5) is 10.8. The largest absolute Gasteiger partial charge is 0.480 e. The number of hydrogen-bond donors (Lipinski definition) is 4. The Hall–Kier alpha value is -1.26. The van der Waals surface area contributed by atoms with Crippen LogP contribution in [0.4, 0.5) is 0 Å². The lowest BCUT2D eigenvalue weighted by Crippen LogP contribution is -2.54. The molecule has 1 rings (SSSR count). The number of nitrogens with one attached hydrogen (secondary N) is 2. The van der Waals surface area contributed by atoms with E-state index >= 15 is 0 Å². The van der Waals surface area contributed by atoms with Crippen molar-refractivity contribution in [2.24, 2.45) is 5.73 Å². The summed E-state index contributed by atoms with van der Waals surface area (Å²) in [7, 11) is 0. The number of carbonyl (C=O) groups is 1. The fourth-order valence-electron chi connectivity index (χ4n) is 1.63. The lowest BCUT2D eigenvalue weighted by molar-refractivity contribution is -0.143. The minimum Gasteiger partial charge on any atom is -0.480 e. The Kier molecular flexibility index (Phi) is 2.21. The zero-order chi connectivity index (χ0) is 9.19. The van der Waals surface area contributed by atoms with Crippen LogP contribution in [0.25, 0.3) is 0 Å². The zero-order valence-corrected chi connectivity index (χ0v) is 6.76. The van der Waals surface area contributed by atoms with Crippen molar-refractivity contribution in [3.63, 3.8) is 0 Å². The highest BCUT2D eigenvalue weighted by Gasteiger charge is 2.41. The van der Waals surface area contributed by atoms with Crippen molar-refractivity contribution in [3.8, 4) is 0 Å². The summed E-state index contributed by atoms with van der Waals surface area (Å²) < 4.78 is 0. The van der Waals surface area contributed by atoms with Gasteiger partial charge in [0.15, 0.2) is 5.96 Å². The Morgan fingerprint density at radius 2 is 2.00 bits per heavy atom. The van der Waals surface area contributed by atoms with E-state index in [4.69, 9.17) is 16.2 Å². The van der Waals surface area contributed by atoms with Gasteiger partial charge < -0.3 is 16.2 Å². The molecule has 0 bridgehead atoms. The number of nitrogens with two attached hydrogens (primary N) is 1. The molecule has 0 aromatic heterocycles. The predicted octanol–water partition coefficient (Wildman–Crippen LogP) is -0.133. The first-order valence-electron chi connectivity index (χ1n) is 3.92. The van der Waals surface area contributed by atoms with Gasteiger partial charge in [-0.2, -0.15) is 0 Å². The smallest absolute Gasteiger partial charge is 0.329 e. The summed E-state index contributed by atoms with van der Waals surface area (Å²) in [5.74, 6) is -1.17. The molecule has 0 spiro atoms. The second-order valence-corrected chi connectivity index (χ2v) is 3.13. The van der Waals surface area contributed by atoms with Crippen molar-refractivity contribution < 1.29 is 9.90 Å². The van der Waals surface area contributed by atoms with Gasteiger partial charge in [0.25, 0.3) is 0 Å². The van der Waals surface area contributed by atoms with Crippen molar-refractivity contribution >= 4 is 11.9 Å². The summed E-state index contributed by atoms with van der Waals surface area (Å²) >= 11 is 0. The van der Waals surface area contributed by atoms with Crippen LogP contribution in [0.1, 0.15) is 25.7 Å². The van der Waals surface area contributed by atoms with Gasteiger partial charge >= 0.3 is 5.97 Å². The molecule has 0 heterocycles. The first kappa shape index (κ1) is 8.83. The quantitative estimate of drug-likeness (QED) is 0.343. The van der Waals surface area contributed by atoms with E-state index < -0.39 is 11.5 Å². The first-order chi connectivity index (χ1) is 5.57. The highest BCUT2D eigenvalue weighted by molar-refractivity contribution is 5.86. The number of carboxylic acids is 1. The Balaban J connectivity index is 2.72. The molecule has 12 heavy (non-hydrogen) atoms. The molecule has 5 N–H and O–H groups in total. The molecule has 5 heteroatoms. The van der Waals surface area contributed by atoms with E-state index in [9.17, 15) is 4.79 Å². The minimum atomic E-state index is -0.966. The summed E-state index contributed by atoms with van der Waals surface area (Å²) in [6.45, 7) is 0. The number of aliphatic carboxylic acids is 1. The number of guanidine groups is 1.